The van der Waals surface area contributed by atoms with Crippen LogP contribution in [0.25, 0.3) is 0 Å². The fraction of sp³-hybridized carbons (Fsp3) is 0.714. The molecule has 2 atom stereocenters. The molecule has 19 heavy (non-hydrogen) atoms. The number of aromatic nitrogens is 1. The van der Waals surface area contributed by atoms with Crippen molar-refractivity contribution in [2.75, 3.05) is 18.6 Å². The zero-order chi connectivity index (χ0) is 14.0. The lowest BCUT2D eigenvalue weighted by Crippen LogP contribution is -2.28. The molecule has 0 fully saturated rings. The second-order valence-corrected chi connectivity index (χ2v) is 6.08. The van der Waals surface area contributed by atoms with Crippen molar-refractivity contribution >= 4 is 22.4 Å². The summed E-state index contributed by atoms with van der Waals surface area (Å²) in [5.41, 5.74) is 0.952. The molecule has 1 aromatic heterocycles. The van der Waals surface area contributed by atoms with E-state index in [-0.39, 0.29) is 11.9 Å². The van der Waals surface area contributed by atoms with Crippen molar-refractivity contribution < 1.29 is 9.53 Å². The van der Waals surface area contributed by atoms with Crippen molar-refractivity contribution in [2.45, 2.75) is 52.0 Å². The molecule has 2 unspecified atom stereocenters. The Bertz CT molecular complexity index is 458. The number of carbonyl (C=O) groups is 1. The molecular weight excluding hydrogens is 260 g/mol. The smallest absolute Gasteiger partial charge is 0.315 e. The van der Waals surface area contributed by atoms with Gasteiger partial charge >= 0.3 is 5.97 Å². The van der Waals surface area contributed by atoms with Crippen LogP contribution in [0.5, 0.6) is 0 Å². The molecule has 1 heterocycles. The summed E-state index contributed by atoms with van der Waals surface area (Å²) in [4.78, 5) is 20.0. The van der Waals surface area contributed by atoms with E-state index >= 15 is 0 Å². The molecule has 0 radical (unpaired) electrons. The summed E-state index contributed by atoms with van der Waals surface area (Å²) in [6.45, 7) is 6.64. The first-order valence-corrected chi connectivity index (χ1v) is 7.79. The number of fused-ring (bicyclic) bond motifs is 1. The summed E-state index contributed by atoms with van der Waals surface area (Å²) < 4.78 is 5.13. The molecule has 4 nitrogen and oxygen atoms in total. The molecule has 0 amide bonds. The van der Waals surface area contributed by atoms with Gasteiger partial charge in [-0.2, -0.15) is 0 Å². The number of nitrogens with zero attached hydrogens (tertiary/aromatic N) is 2. The maximum Gasteiger partial charge on any atom is 0.315 e. The molecule has 0 bridgehead atoms. The SMILES string of the molecule is CCOC(=O)C1CCc2sc(N(C)C(C)CC)nc21. The Morgan fingerprint density at radius 2 is 2.32 bits per heavy atom. The van der Waals surface area contributed by atoms with Crippen molar-refractivity contribution in [3.05, 3.63) is 10.6 Å². The number of aryl methyl sites for hydroxylation is 1. The summed E-state index contributed by atoms with van der Waals surface area (Å²) in [7, 11) is 2.07. The van der Waals surface area contributed by atoms with Crippen LogP contribution >= 0.6 is 11.3 Å². The molecule has 0 N–H and O–H groups in total. The molecule has 0 spiro atoms. The number of ether oxygens (including phenoxy) is 1. The maximum absolute atomic E-state index is 11.9. The maximum atomic E-state index is 11.9. The van der Waals surface area contributed by atoms with E-state index < -0.39 is 0 Å². The predicted molar refractivity (Wildman–Crippen MR) is 78.0 cm³/mol. The van der Waals surface area contributed by atoms with Gasteiger partial charge in [-0.05, 0) is 33.1 Å². The molecule has 106 valence electrons. The molecule has 0 aromatic carbocycles. The van der Waals surface area contributed by atoms with Gasteiger partial charge in [0.15, 0.2) is 5.13 Å². The first-order chi connectivity index (χ1) is 9.08. The third kappa shape index (κ3) is 2.76. The minimum Gasteiger partial charge on any atom is -0.465 e. The van der Waals surface area contributed by atoms with Crippen molar-refractivity contribution in [3.63, 3.8) is 0 Å². The van der Waals surface area contributed by atoms with Crippen LogP contribution in [0.3, 0.4) is 0 Å². The molecule has 1 aliphatic rings. The molecule has 0 saturated carbocycles. The van der Waals surface area contributed by atoms with E-state index in [4.69, 9.17) is 4.74 Å². The largest absolute Gasteiger partial charge is 0.465 e. The summed E-state index contributed by atoms with van der Waals surface area (Å²) >= 11 is 1.72. The van der Waals surface area contributed by atoms with Crippen LogP contribution in [0, 0.1) is 0 Å². The topological polar surface area (TPSA) is 42.4 Å². The molecule has 2 rings (SSSR count). The quantitative estimate of drug-likeness (QED) is 0.779. The Kier molecular flexibility index (Phi) is 4.45. The van der Waals surface area contributed by atoms with E-state index in [0.717, 1.165) is 30.1 Å². The van der Waals surface area contributed by atoms with Crippen LogP contribution in [0.1, 0.15) is 50.1 Å². The van der Waals surface area contributed by atoms with E-state index in [9.17, 15) is 4.79 Å². The molecule has 1 aliphatic carbocycles. The summed E-state index contributed by atoms with van der Waals surface area (Å²) in [5, 5.41) is 1.02. The van der Waals surface area contributed by atoms with E-state index in [0.29, 0.717) is 12.6 Å². The first kappa shape index (κ1) is 14.3. The van der Waals surface area contributed by atoms with Crippen LogP contribution in [0.4, 0.5) is 5.13 Å². The lowest BCUT2D eigenvalue weighted by molar-refractivity contribution is -0.145. The number of carbonyl (C=O) groups excluding carboxylic acids is 1. The Morgan fingerprint density at radius 1 is 1.58 bits per heavy atom. The van der Waals surface area contributed by atoms with Crippen molar-refractivity contribution in [1.29, 1.82) is 0 Å². The normalized spacial score (nSPS) is 19.1. The van der Waals surface area contributed by atoms with Gasteiger partial charge in [-0.15, -0.1) is 11.3 Å². The van der Waals surface area contributed by atoms with Gasteiger partial charge in [0.2, 0.25) is 0 Å². The number of esters is 1. The van der Waals surface area contributed by atoms with Gasteiger partial charge in [0.1, 0.15) is 5.92 Å². The first-order valence-electron chi connectivity index (χ1n) is 6.97. The second kappa shape index (κ2) is 5.90. The van der Waals surface area contributed by atoms with E-state index in [1.807, 2.05) is 6.92 Å². The Labute approximate surface area is 118 Å². The summed E-state index contributed by atoms with van der Waals surface area (Å²) in [6, 6.07) is 0.465. The van der Waals surface area contributed by atoms with Crippen molar-refractivity contribution in [1.82, 2.24) is 4.98 Å². The number of hydrogen-bond acceptors (Lipinski definition) is 5. The van der Waals surface area contributed by atoms with Gasteiger partial charge in [0, 0.05) is 18.0 Å². The van der Waals surface area contributed by atoms with Crippen molar-refractivity contribution in [2.24, 2.45) is 0 Å². The Balaban J connectivity index is 2.18. The van der Waals surface area contributed by atoms with E-state index in [1.165, 1.54) is 4.88 Å². The van der Waals surface area contributed by atoms with Crippen LogP contribution in [-0.4, -0.2) is 30.6 Å². The highest BCUT2D eigenvalue weighted by molar-refractivity contribution is 7.15. The molecule has 0 saturated heterocycles. The van der Waals surface area contributed by atoms with Crippen molar-refractivity contribution in [3.8, 4) is 0 Å². The van der Waals surface area contributed by atoms with Gasteiger partial charge in [0.05, 0.1) is 12.3 Å². The summed E-state index contributed by atoms with van der Waals surface area (Å²) in [5.74, 6) is -0.269. The highest BCUT2D eigenvalue weighted by atomic mass is 32.1. The molecule has 5 heteroatoms. The fourth-order valence-electron chi connectivity index (χ4n) is 2.30. The molecular formula is C14H22N2O2S. The number of hydrogen-bond donors (Lipinski definition) is 0. The van der Waals surface area contributed by atoms with Gasteiger partial charge in [-0.1, -0.05) is 6.92 Å². The summed E-state index contributed by atoms with van der Waals surface area (Å²) in [6.07, 6.45) is 2.88. The molecule has 0 aliphatic heterocycles. The number of anilines is 1. The van der Waals surface area contributed by atoms with Gasteiger partial charge in [-0.3, -0.25) is 4.79 Å². The van der Waals surface area contributed by atoms with Gasteiger partial charge < -0.3 is 9.64 Å². The lowest BCUT2D eigenvalue weighted by atomic mass is 10.1. The highest BCUT2D eigenvalue weighted by Crippen LogP contribution is 2.40. The average Bonchev–Trinajstić information content (AvgIpc) is 2.96. The zero-order valence-electron chi connectivity index (χ0n) is 12.1. The van der Waals surface area contributed by atoms with Gasteiger partial charge in [-0.25, -0.2) is 4.98 Å². The second-order valence-electron chi connectivity index (χ2n) is 5.02. The fourth-order valence-corrected chi connectivity index (χ4v) is 3.50. The lowest BCUT2D eigenvalue weighted by Gasteiger charge is -2.23. The Morgan fingerprint density at radius 3 is 2.95 bits per heavy atom. The zero-order valence-corrected chi connectivity index (χ0v) is 12.9. The monoisotopic (exact) mass is 282 g/mol. The average molecular weight is 282 g/mol. The predicted octanol–water partition coefficient (Wildman–Crippen LogP) is 2.97. The standard InChI is InChI=1S/C14H22N2O2S/c1-5-9(3)16(4)14-15-12-10(13(17)18-6-2)7-8-11(12)19-14/h9-10H,5-8H2,1-4H3. The third-order valence-electron chi connectivity index (χ3n) is 3.83. The van der Waals surface area contributed by atoms with Gasteiger partial charge in [0.25, 0.3) is 0 Å². The number of thiazole rings is 1. The van der Waals surface area contributed by atoms with Crippen LogP contribution < -0.4 is 4.90 Å². The molecule has 1 aromatic rings. The minimum absolute atomic E-state index is 0.121. The minimum atomic E-state index is -0.148. The van der Waals surface area contributed by atoms with E-state index in [2.05, 4.69) is 30.8 Å². The highest BCUT2D eigenvalue weighted by Gasteiger charge is 2.34. The number of rotatable bonds is 5. The third-order valence-corrected chi connectivity index (χ3v) is 5.05. The van der Waals surface area contributed by atoms with Crippen LogP contribution in [0.15, 0.2) is 0 Å². The van der Waals surface area contributed by atoms with Crippen LogP contribution in [-0.2, 0) is 16.0 Å². The van der Waals surface area contributed by atoms with E-state index in [1.54, 1.807) is 11.3 Å². The van der Waals surface area contributed by atoms with Crippen LogP contribution in [0.2, 0.25) is 0 Å². The Hall–Kier alpha value is -1.10.